The molecule has 0 aliphatic heterocycles. The van der Waals surface area contributed by atoms with Crippen molar-refractivity contribution < 1.29 is 4.39 Å². The van der Waals surface area contributed by atoms with Gasteiger partial charge in [-0.1, -0.05) is 31.5 Å². The van der Waals surface area contributed by atoms with Crippen LogP contribution in [0.4, 0.5) is 4.39 Å². The highest BCUT2D eigenvalue weighted by Crippen LogP contribution is 2.23. The molecule has 1 aromatic rings. The lowest BCUT2D eigenvalue weighted by atomic mass is 9.97. The van der Waals surface area contributed by atoms with Crippen LogP contribution in [-0.2, 0) is 6.42 Å². The van der Waals surface area contributed by atoms with Crippen molar-refractivity contribution in [2.24, 2.45) is 5.92 Å². The summed E-state index contributed by atoms with van der Waals surface area (Å²) in [6.07, 6.45) is 2.90. The highest BCUT2D eigenvalue weighted by atomic mass is 35.5. The van der Waals surface area contributed by atoms with Gasteiger partial charge in [-0.05, 0) is 50.4 Å². The molecule has 1 atom stereocenters. The molecule has 1 N–H and O–H groups in total. The summed E-state index contributed by atoms with van der Waals surface area (Å²) in [5.74, 6) is 0.250. The summed E-state index contributed by atoms with van der Waals surface area (Å²) in [6, 6.07) is 4.87. The van der Waals surface area contributed by atoms with E-state index in [1.54, 1.807) is 12.1 Å². The van der Waals surface area contributed by atoms with Gasteiger partial charge in [-0.15, -0.1) is 0 Å². The van der Waals surface area contributed by atoms with E-state index in [0.717, 1.165) is 25.9 Å². The van der Waals surface area contributed by atoms with Crippen molar-refractivity contribution in [3.63, 3.8) is 0 Å². The van der Waals surface area contributed by atoms with Crippen LogP contribution in [0.25, 0.3) is 0 Å². The van der Waals surface area contributed by atoms with E-state index in [2.05, 4.69) is 19.2 Å². The molecule has 3 heteroatoms. The van der Waals surface area contributed by atoms with Gasteiger partial charge < -0.3 is 5.32 Å². The minimum Gasteiger partial charge on any atom is -0.317 e. The lowest BCUT2D eigenvalue weighted by molar-refractivity contribution is 0.486. The number of benzene rings is 1. The van der Waals surface area contributed by atoms with Crippen molar-refractivity contribution in [2.45, 2.75) is 33.1 Å². The zero-order chi connectivity index (χ0) is 12.7. The number of nitrogens with one attached hydrogen (secondary N) is 1. The number of hydrogen-bond acceptors (Lipinski definition) is 1. The Morgan fingerprint density at radius 2 is 2.12 bits per heavy atom. The molecule has 0 aromatic heterocycles. The highest BCUT2D eigenvalue weighted by molar-refractivity contribution is 6.31. The molecule has 0 bridgehead atoms. The lowest BCUT2D eigenvalue weighted by Crippen LogP contribution is -2.19. The smallest absolute Gasteiger partial charge is 0.127 e. The Kier molecular flexibility index (Phi) is 6.53. The standard InChI is InChI=1S/C14H21ClFN/c1-3-8-17-9-7-11(2)10-12-13(15)5-4-6-14(12)16/h4-6,11,17H,3,7-10H2,1-2H3. The third kappa shape index (κ3) is 5.05. The zero-order valence-corrected chi connectivity index (χ0v) is 11.4. The molecule has 96 valence electrons. The van der Waals surface area contributed by atoms with E-state index < -0.39 is 0 Å². The van der Waals surface area contributed by atoms with E-state index in [-0.39, 0.29) is 5.82 Å². The summed E-state index contributed by atoms with van der Waals surface area (Å²) in [6.45, 7) is 6.32. The predicted molar refractivity (Wildman–Crippen MR) is 72.1 cm³/mol. The van der Waals surface area contributed by atoms with E-state index in [0.29, 0.717) is 22.9 Å². The number of hydrogen-bond donors (Lipinski definition) is 1. The minimum absolute atomic E-state index is 0.189. The van der Waals surface area contributed by atoms with Gasteiger partial charge in [0, 0.05) is 10.6 Å². The minimum atomic E-state index is -0.189. The Balaban J connectivity index is 2.42. The van der Waals surface area contributed by atoms with E-state index in [4.69, 9.17) is 11.6 Å². The van der Waals surface area contributed by atoms with Crippen LogP contribution in [0, 0.1) is 11.7 Å². The van der Waals surface area contributed by atoms with Crippen LogP contribution in [0.2, 0.25) is 5.02 Å². The molecule has 0 aliphatic rings. The quantitative estimate of drug-likeness (QED) is 0.727. The molecule has 0 amide bonds. The van der Waals surface area contributed by atoms with Crippen molar-refractivity contribution in [2.75, 3.05) is 13.1 Å². The topological polar surface area (TPSA) is 12.0 Å². The molecule has 17 heavy (non-hydrogen) atoms. The summed E-state index contributed by atoms with van der Waals surface area (Å²) < 4.78 is 13.6. The first-order chi connectivity index (χ1) is 8.15. The summed E-state index contributed by atoms with van der Waals surface area (Å²) in [4.78, 5) is 0. The van der Waals surface area contributed by atoms with Gasteiger partial charge in [0.2, 0.25) is 0 Å². The van der Waals surface area contributed by atoms with Crippen LogP contribution in [0.1, 0.15) is 32.3 Å². The molecule has 0 fully saturated rings. The van der Waals surface area contributed by atoms with Crippen LogP contribution in [0.3, 0.4) is 0 Å². The van der Waals surface area contributed by atoms with Crippen LogP contribution < -0.4 is 5.32 Å². The van der Waals surface area contributed by atoms with Crippen molar-refractivity contribution in [1.29, 1.82) is 0 Å². The first kappa shape index (κ1) is 14.5. The predicted octanol–water partition coefficient (Wildman–Crippen LogP) is 4.05. The molecule has 1 unspecified atom stereocenters. The normalized spacial score (nSPS) is 12.7. The Morgan fingerprint density at radius 1 is 1.35 bits per heavy atom. The summed E-state index contributed by atoms with van der Waals surface area (Å²) >= 11 is 6.00. The summed E-state index contributed by atoms with van der Waals surface area (Å²) in [7, 11) is 0. The SMILES string of the molecule is CCCNCCC(C)Cc1c(F)cccc1Cl. The first-order valence-electron chi connectivity index (χ1n) is 6.28. The van der Waals surface area contributed by atoms with Crippen molar-refractivity contribution in [3.05, 3.63) is 34.6 Å². The molecule has 0 saturated heterocycles. The first-order valence-corrected chi connectivity index (χ1v) is 6.66. The van der Waals surface area contributed by atoms with Gasteiger partial charge in [-0.25, -0.2) is 4.39 Å². The Morgan fingerprint density at radius 3 is 2.76 bits per heavy atom. The Hall–Kier alpha value is -0.600. The Labute approximate surface area is 108 Å². The molecule has 0 aliphatic carbocycles. The Bertz CT molecular complexity index is 321. The molecule has 1 aromatic carbocycles. The number of halogens is 2. The highest BCUT2D eigenvalue weighted by Gasteiger charge is 2.11. The maximum Gasteiger partial charge on any atom is 0.127 e. The third-order valence-electron chi connectivity index (χ3n) is 2.85. The molecule has 0 radical (unpaired) electrons. The van der Waals surface area contributed by atoms with Gasteiger partial charge in [-0.2, -0.15) is 0 Å². The van der Waals surface area contributed by atoms with Crippen LogP contribution in [0.15, 0.2) is 18.2 Å². The monoisotopic (exact) mass is 257 g/mol. The van der Waals surface area contributed by atoms with Crippen molar-refractivity contribution >= 4 is 11.6 Å². The van der Waals surface area contributed by atoms with E-state index in [9.17, 15) is 4.39 Å². The van der Waals surface area contributed by atoms with Gasteiger partial charge in [-0.3, -0.25) is 0 Å². The van der Waals surface area contributed by atoms with Gasteiger partial charge >= 0.3 is 0 Å². The van der Waals surface area contributed by atoms with E-state index >= 15 is 0 Å². The van der Waals surface area contributed by atoms with Gasteiger partial charge in [0.1, 0.15) is 5.82 Å². The maximum absolute atomic E-state index is 13.6. The van der Waals surface area contributed by atoms with Gasteiger partial charge in [0.25, 0.3) is 0 Å². The molecule has 0 heterocycles. The third-order valence-corrected chi connectivity index (χ3v) is 3.21. The van der Waals surface area contributed by atoms with E-state index in [1.165, 1.54) is 6.07 Å². The largest absolute Gasteiger partial charge is 0.317 e. The van der Waals surface area contributed by atoms with Crippen molar-refractivity contribution in [1.82, 2.24) is 5.32 Å². The second kappa shape index (κ2) is 7.67. The second-order valence-corrected chi connectivity index (χ2v) is 4.96. The second-order valence-electron chi connectivity index (χ2n) is 4.55. The number of rotatable bonds is 7. The molecule has 1 nitrogen and oxygen atoms in total. The van der Waals surface area contributed by atoms with Gasteiger partial charge in [0.05, 0.1) is 0 Å². The molecular weight excluding hydrogens is 237 g/mol. The van der Waals surface area contributed by atoms with Crippen LogP contribution in [0.5, 0.6) is 0 Å². The summed E-state index contributed by atoms with van der Waals surface area (Å²) in [5, 5.41) is 3.89. The molecule has 1 rings (SSSR count). The molecule has 0 saturated carbocycles. The average Bonchev–Trinajstić information content (AvgIpc) is 2.30. The van der Waals surface area contributed by atoms with E-state index in [1.807, 2.05) is 0 Å². The maximum atomic E-state index is 13.6. The molecular formula is C14H21ClFN. The lowest BCUT2D eigenvalue weighted by Gasteiger charge is -2.13. The average molecular weight is 258 g/mol. The fourth-order valence-electron chi connectivity index (χ4n) is 1.83. The molecule has 0 spiro atoms. The van der Waals surface area contributed by atoms with Crippen molar-refractivity contribution in [3.8, 4) is 0 Å². The fourth-order valence-corrected chi connectivity index (χ4v) is 2.07. The zero-order valence-electron chi connectivity index (χ0n) is 10.6. The van der Waals surface area contributed by atoms with Crippen LogP contribution >= 0.6 is 11.6 Å². The summed E-state index contributed by atoms with van der Waals surface area (Å²) in [5.41, 5.74) is 0.650. The van der Waals surface area contributed by atoms with Crippen LogP contribution in [-0.4, -0.2) is 13.1 Å². The fraction of sp³-hybridized carbons (Fsp3) is 0.571. The van der Waals surface area contributed by atoms with Gasteiger partial charge in [0.15, 0.2) is 0 Å².